The molecule has 2 heterocycles. The Morgan fingerprint density at radius 2 is 2.23 bits per heavy atom. The van der Waals surface area contributed by atoms with E-state index < -0.39 is 6.10 Å². The fourth-order valence-electron chi connectivity index (χ4n) is 2.53. The smallest absolute Gasteiger partial charge is 0.315 e. The first-order valence-electron chi connectivity index (χ1n) is 7.86. The Bertz CT molecular complexity index is 472. The maximum Gasteiger partial charge on any atom is 0.315 e. The highest BCUT2D eigenvalue weighted by Crippen LogP contribution is 2.15. The van der Waals surface area contributed by atoms with Gasteiger partial charge in [0.1, 0.15) is 0 Å². The maximum atomic E-state index is 11.7. The van der Waals surface area contributed by atoms with E-state index in [2.05, 4.69) is 27.4 Å². The second kappa shape index (κ2) is 8.45. The number of carbonyl (C=O) groups is 1. The molecular weight excluding hydrogens is 300 g/mol. The van der Waals surface area contributed by atoms with Crippen molar-refractivity contribution in [3.05, 3.63) is 16.1 Å². The van der Waals surface area contributed by atoms with Gasteiger partial charge in [-0.2, -0.15) is 0 Å². The Morgan fingerprint density at radius 3 is 2.86 bits per heavy atom. The molecule has 6 nitrogen and oxygen atoms in total. The molecule has 0 saturated carbocycles. The summed E-state index contributed by atoms with van der Waals surface area (Å²) in [5.41, 5.74) is 0. The Labute approximate surface area is 135 Å². The Kier molecular flexibility index (Phi) is 6.60. The first-order valence-corrected chi connectivity index (χ1v) is 8.68. The summed E-state index contributed by atoms with van der Waals surface area (Å²) in [4.78, 5) is 19.1. The number of aryl methyl sites for hydroxylation is 1. The highest BCUT2D eigenvalue weighted by Gasteiger charge is 2.18. The average Bonchev–Trinajstić information content (AvgIpc) is 2.91. The van der Waals surface area contributed by atoms with E-state index in [1.165, 1.54) is 12.8 Å². The number of nitrogens with zero attached hydrogens (tertiary/aromatic N) is 2. The summed E-state index contributed by atoms with van der Waals surface area (Å²) in [6, 6.07) is -0.252. The lowest BCUT2D eigenvalue weighted by Gasteiger charge is -2.31. The van der Waals surface area contributed by atoms with Crippen LogP contribution in [-0.4, -0.2) is 53.3 Å². The van der Waals surface area contributed by atoms with Crippen molar-refractivity contribution in [2.24, 2.45) is 5.92 Å². The summed E-state index contributed by atoms with van der Waals surface area (Å²) in [6.45, 7) is 7.65. The lowest BCUT2D eigenvalue weighted by Crippen LogP contribution is -2.45. The molecule has 1 aromatic rings. The van der Waals surface area contributed by atoms with E-state index in [9.17, 15) is 9.90 Å². The van der Waals surface area contributed by atoms with Crippen molar-refractivity contribution < 1.29 is 9.90 Å². The number of thiazole rings is 1. The van der Waals surface area contributed by atoms with Crippen LogP contribution in [0.3, 0.4) is 0 Å². The molecule has 0 spiro atoms. The van der Waals surface area contributed by atoms with E-state index in [1.54, 1.807) is 17.5 Å². The third-order valence-electron chi connectivity index (χ3n) is 3.94. The fourth-order valence-corrected chi connectivity index (χ4v) is 3.27. The van der Waals surface area contributed by atoms with Gasteiger partial charge in [0.15, 0.2) is 0 Å². The third-order valence-corrected chi connectivity index (χ3v) is 4.85. The zero-order valence-corrected chi connectivity index (χ0v) is 14.2. The van der Waals surface area contributed by atoms with Gasteiger partial charge in [-0.1, -0.05) is 6.92 Å². The predicted molar refractivity (Wildman–Crippen MR) is 87.9 cm³/mol. The third kappa shape index (κ3) is 5.90. The topological polar surface area (TPSA) is 77.5 Å². The summed E-state index contributed by atoms with van der Waals surface area (Å²) in [5.74, 6) is 0.785. The van der Waals surface area contributed by atoms with Gasteiger partial charge < -0.3 is 20.6 Å². The van der Waals surface area contributed by atoms with Gasteiger partial charge in [-0.3, -0.25) is 0 Å². The van der Waals surface area contributed by atoms with Crippen LogP contribution in [0.1, 0.15) is 29.7 Å². The number of β-amino-alcohol motifs (C(OH)–C–C–N with tert-alkyl or cyclic N) is 1. The summed E-state index contributed by atoms with van der Waals surface area (Å²) in [7, 11) is 0. The van der Waals surface area contributed by atoms with Crippen LogP contribution in [-0.2, 0) is 6.54 Å². The van der Waals surface area contributed by atoms with Crippen molar-refractivity contribution in [2.75, 3.05) is 26.2 Å². The number of piperidine rings is 1. The van der Waals surface area contributed by atoms with Crippen LogP contribution < -0.4 is 10.6 Å². The molecule has 1 saturated heterocycles. The summed E-state index contributed by atoms with van der Waals surface area (Å²) < 4.78 is 0. The van der Waals surface area contributed by atoms with Gasteiger partial charge in [-0.15, -0.1) is 11.3 Å². The second-order valence-corrected chi connectivity index (χ2v) is 7.37. The van der Waals surface area contributed by atoms with Gasteiger partial charge in [0.2, 0.25) is 0 Å². The number of hydrogen-bond donors (Lipinski definition) is 3. The summed E-state index contributed by atoms with van der Waals surface area (Å²) in [6.07, 6.45) is 3.63. The largest absolute Gasteiger partial charge is 0.390 e. The van der Waals surface area contributed by atoms with E-state index in [-0.39, 0.29) is 12.6 Å². The van der Waals surface area contributed by atoms with Gasteiger partial charge in [0.05, 0.1) is 17.7 Å². The standard InChI is InChI=1S/C15H26N4O2S/c1-11-3-5-19(6-4-11)10-13(20)7-17-15(21)18-9-14-8-16-12(2)22-14/h8,11,13,20H,3-7,9-10H2,1-2H3,(H2,17,18,21). The molecule has 2 rings (SSSR count). The van der Waals surface area contributed by atoms with E-state index in [0.717, 1.165) is 28.9 Å². The number of hydrogen-bond acceptors (Lipinski definition) is 5. The number of likely N-dealkylation sites (tertiary alicyclic amines) is 1. The van der Waals surface area contributed by atoms with Crippen molar-refractivity contribution in [3.8, 4) is 0 Å². The van der Waals surface area contributed by atoms with Crippen molar-refractivity contribution in [1.29, 1.82) is 0 Å². The van der Waals surface area contributed by atoms with Crippen molar-refractivity contribution in [3.63, 3.8) is 0 Å². The molecule has 0 aliphatic carbocycles. The molecule has 1 aliphatic heterocycles. The minimum atomic E-state index is -0.523. The minimum absolute atomic E-state index is 0.252. The van der Waals surface area contributed by atoms with Crippen LogP contribution in [0.5, 0.6) is 0 Å². The maximum absolute atomic E-state index is 11.7. The predicted octanol–water partition coefficient (Wildman–Crippen LogP) is 1.34. The van der Waals surface area contributed by atoms with Gasteiger partial charge >= 0.3 is 6.03 Å². The molecule has 3 N–H and O–H groups in total. The van der Waals surface area contributed by atoms with Crippen LogP contribution in [0.25, 0.3) is 0 Å². The molecule has 7 heteroatoms. The number of nitrogens with one attached hydrogen (secondary N) is 2. The molecule has 124 valence electrons. The molecule has 0 radical (unpaired) electrons. The van der Waals surface area contributed by atoms with Crippen LogP contribution in [0.4, 0.5) is 4.79 Å². The molecule has 0 bridgehead atoms. The molecule has 1 unspecified atom stereocenters. The number of aliphatic hydroxyl groups excluding tert-OH is 1. The average molecular weight is 326 g/mol. The quantitative estimate of drug-likeness (QED) is 0.737. The molecule has 1 fully saturated rings. The monoisotopic (exact) mass is 326 g/mol. The normalized spacial score (nSPS) is 18.1. The van der Waals surface area contributed by atoms with Crippen LogP contribution >= 0.6 is 11.3 Å². The fraction of sp³-hybridized carbons (Fsp3) is 0.733. The number of rotatable bonds is 6. The Morgan fingerprint density at radius 1 is 1.50 bits per heavy atom. The van der Waals surface area contributed by atoms with Gasteiger partial charge in [0, 0.05) is 24.2 Å². The Hall–Kier alpha value is -1.18. The molecule has 1 atom stereocenters. The van der Waals surface area contributed by atoms with E-state index in [0.29, 0.717) is 13.1 Å². The molecule has 2 amide bonds. The molecule has 1 aromatic heterocycles. The molecule has 0 aromatic carbocycles. The number of aliphatic hydroxyl groups is 1. The van der Waals surface area contributed by atoms with Crippen LogP contribution in [0.15, 0.2) is 6.20 Å². The van der Waals surface area contributed by atoms with Crippen molar-refractivity contribution in [2.45, 2.75) is 39.3 Å². The second-order valence-electron chi connectivity index (χ2n) is 6.05. The summed E-state index contributed by atoms with van der Waals surface area (Å²) in [5, 5.41) is 16.5. The number of carbonyl (C=O) groups excluding carboxylic acids is 1. The van der Waals surface area contributed by atoms with E-state index in [4.69, 9.17) is 0 Å². The SMILES string of the molecule is Cc1ncc(CNC(=O)NCC(O)CN2CCC(C)CC2)s1. The lowest BCUT2D eigenvalue weighted by molar-refractivity contribution is 0.0920. The highest BCUT2D eigenvalue weighted by molar-refractivity contribution is 7.11. The molecule has 22 heavy (non-hydrogen) atoms. The van der Waals surface area contributed by atoms with Gasteiger partial charge in [0.25, 0.3) is 0 Å². The van der Waals surface area contributed by atoms with E-state index in [1.807, 2.05) is 6.92 Å². The zero-order chi connectivity index (χ0) is 15.9. The van der Waals surface area contributed by atoms with Crippen LogP contribution in [0, 0.1) is 12.8 Å². The number of amides is 2. The Balaban J connectivity index is 1.59. The van der Waals surface area contributed by atoms with Crippen molar-refractivity contribution >= 4 is 17.4 Å². The summed E-state index contributed by atoms with van der Waals surface area (Å²) >= 11 is 1.57. The van der Waals surface area contributed by atoms with Crippen molar-refractivity contribution in [1.82, 2.24) is 20.5 Å². The first kappa shape index (κ1) is 17.2. The van der Waals surface area contributed by atoms with Crippen LogP contribution in [0.2, 0.25) is 0 Å². The van der Waals surface area contributed by atoms with Gasteiger partial charge in [-0.25, -0.2) is 9.78 Å². The minimum Gasteiger partial charge on any atom is -0.390 e. The number of urea groups is 1. The molecule has 1 aliphatic rings. The van der Waals surface area contributed by atoms with Gasteiger partial charge in [-0.05, 0) is 38.8 Å². The molecular formula is C15H26N4O2S. The number of aromatic nitrogens is 1. The highest BCUT2D eigenvalue weighted by atomic mass is 32.1. The van der Waals surface area contributed by atoms with E-state index >= 15 is 0 Å². The lowest BCUT2D eigenvalue weighted by atomic mass is 9.99. The zero-order valence-electron chi connectivity index (χ0n) is 13.3. The first-order chi connectivity index (χ1) is 10.5.